The number of ether oxygens (including phenoxy) is 1. The molecule has 3 rings (SSSR count). The molecular formula is C19H23N5O3. The monoisotopic (exact) mass is 369 g/mol. The highest BCUT2D eigenvalue weighted by atomic mass is 16.5. The molecule has 1 fully saturated rings. The average molecular weight is 369 g/mol. The van der Waals surface area contributed by atoms with E-state index in [1.807, 2.05) is 31.2 Å². The maximum absolute atomic E-state index is 12.4. The summed E-state index contributed by atoms with van der Waals surface area (Å²) in [5.41, 5.74) is 2.15. The minimum absolute atomic E-state index is 0.0957. The van der Waals surface area contributed by atoms with Gasteiger partial charge in [-0.05, 0) is 24.6 Å². The summed E-state index contributed by atoms with van der Waals surface area (Å²) >= 11 is 0. The molecular weight excluding hydrogens is 346 g/mol. The van der Waals surface area contributed by atoms with Gasteiger partial charge in [-0.2, -0.15) is 0 Å². The minimum atomic E-state index is -0.161. The Morgan fingerprint density at radius 2 is 2.04 bits per heavy atom. The van der Waals surface area contributed by atoms with Crippen molar-refractivity contribution < 1.29 is 14.3 Å². The van der Waals surface area contributed by atoms with Crippen molar-refractivity contribution in [1.29, 1.82) is 0 Å². The number of rotatable bonds is 6. The van der Waals surface area contributed by atoms with Crippen LogP contribution in [0.3, 0.4) is 0 Å². The Labute approximate surface area is 158 Å². The molecule has 1 saturated heterocycles. The van der Waals surface area contributed by atoms with E-state index in [0.29, 0.717) is 38.7 Å². The lowest BCUT2D eigenvalue weighted by Crippen LogP contribution is -2.41. The highest BCUT2D eigenvalue weighted by Gasteiger charge is 2.20. The van der Waals surface area contributed by atoms with Gasteiger partial charge in [-0.25, -0.2) is 4.98 Å². The van der Waals surface area contributed by atoms with Crippen molar-refractivity contribution in [2.75, 3.05) is 43.5 Å². The third-order valence-electron chi connectivity index (χ3n) is 4.11. The molecule has 1 aliphatic heterocycles. The van der Waals surface area contributed by atoms with Crippen LogP contribution in [0.25, 0.3) is 0 Å². The Hall–Kier alpha value is -3.00. The number of carbonyl (C=O) groups is 2. The molecule has 0 unspecified atom stereocenters. The van der Waals surface area contributed by atoms with Crippen LogP contribution in [-0.2, 0) is 9.53 Å². The average Bonchev–Trinajstić information content (AvgIpc) is 2.68. The van der Waals surface area contributed by atoms with E-state index in [0.717, 1.165) is 11.3 Å². The minimum Gasteiger partial charge on any atom is -0.378 e. The third kappa shape index (κ3) is 5.49. The van der Waals surface area contributed by atoms with Gasteiger partial charge >= 0.3 is 0 Å². The largest absolute Gasteiger partial charge is 0.378 e. The summed E-state index contributed by atoms with van der Waals surface area (Å²) in [6, 6.07) is 7.64. The fourth-order valence-corrected chi connectivity index (χ4v) is 2.73. The molecule has 0 bridgehead atoms. The van der Waals surface area contributed by atoms with E-state index in [9.17, 15) is 9.59 Å². The van der Waals surface area contributed by atoms with E-state index in [1.165, 1.54) is 12.4 Å². The standard InChI is InChI=1S/C19H23N5O3/c1-14-3-2-4-15(11-14)22-18(25)5-6-21-17-13-20-12-16(23-17)19(26)24-7-9-27-10-8-24/h2-4,11-13H,5-10H2,1H3,(H,21,23)(H,22,25). The fourth-order valence-electron chi connectivity index (χ4n) is 2.73. The van der Waals surface area contributed by atoms with Gasteiger partial charge in [0.2, 0.25) is 5.91 Å². The van der Waals surface area contributed by atoms with Crippen molar-refractivity contribution in [2.45, 2.75) is 13.3 Å². The number of anilines is 2. The van der Waals surface area contributed by atoms with Crippen LogP contribution < -0.4 is 10.6 Å². The molecule has 2 N–H and O–H groups in total. The van der Waals surface area contributed by atoms with E-state index in [-0.39, 0.29) is 23.9 Å². The molecule has 27 heavy (non-hydrogen) atoms. The topological polar surface area (TPSA) is 96.5 Å². The van der Waals surface area contributed by atoms with E-state index in [2.05, 4.69) is 20.6 Å². The van der Waals surface area contributed by atoms with Crippen molar-refractivity contribution in [3.8, 4) is 0 Å². The molecule has 0 radical (unpaired) electrons. The van der Waals surface area contributed by atoms with Gasteiger partial charge in [0.05, 0.1) is 25.6 Å². The second kappa shape index (κ2) is 9.09. The van der Waals surface area contributed by atoms with Gasteiger partial charge in [0.25, 0.3) is 5.91 Å². The second-order valence-electron chi connectivity index (χ2n) is 6.29. The van der Waals surface area contributed by atoms with E-state index in [1.54, 1.807) is 4.90 Å². The van der Waals surface area contributed by atoms with Crippen molar-refractivity contribution in [1.82, 2.24) is 14.9 Å². The molecule has 0 spiro atoms. The van der Waals surface area contributed by atoms with E-state index < -0.39 is 0 Å². The summed E-state index contributed by atoms with van der Waals surface area (Å²) in [4.78, 5) is 34.6. The first-order valence-electron chi connectivity index (χ1n) is 8.91. The molecule has 8 heteroatoms. The Morgan fingerprint density at radius 3 is 2.81 bits per heavy atom. The number of aryl methyl sites for hydroxylation is 1. The van der Waals surface area contributed by atoms with Crippen LogP contribution in [0.15, 0.2) is 36.7 Å². The molecule has 2 heterocycles. The summed E-state index contributed by atoms with van der Waals surface area (Å²) in [7, 11) is 0. The zero-order chi connectivity index (χ0) is 19.1. The maximum Gasteiger partial charge on any atom is 0.274 e. The van der Waals surface area contributed by atoms with Crippen molar-refractivity contribution in [2.24, 2.45) is 0 Å². The molecule has 0 atom stereocenters. The smallest absolute Gasteiger partial charge is 0.274 e. The molecule has 0 aliphatic carbocycles. The van der Waals surface area contributed by atoms with Gasteiger partial charge in [0, 0.05) is 31.7 Å². The summed E-state index contributed by atoms with van der Waals surface area (Å²) in [6.45, 7) is 4.54. The van der Waals surface area contributed by atoms with Crippen molar-refractivity contribution in [3.63, 3.8) is 0 Å². The number of nitrogens with one attached hydrogen (secondary N) is 2. The summed E-state index contributed by atoms with van der Waals surface area (Å²) < 4.78 is 5.25. The number of amides is 2. The molecule has 1 aliphatic rings. The van der Waals surface area contributed by atoms with Crippen LogP contribution in [0.4, 0.5) is 11.5 Å². The number of hydrogen-bond donors (Lipinski definition) is 2. The summed E-state index contributed by atoms with van der Waals surface area (Å²) in [5.74, 6) is 0.214. The van der Waals surface area contributed by atoms with Crippen LogP contribution in [0.5, 0.6) is 0 Å². The Kier molecular flexibility index (Phi) is 6.32. The molecule has 8 nitrogen and oxygen atoms in total. The Morgan fingerprint density at radius 1 is 1.22 bits per heavy atom. The van der Waals surface area contributed by atoms with Gasteiger partial charge in [-0.3, -0.25) is 14.6 Å². The van der Waals surface area contributed by atoms with Crippen molar-refractivity contribution >= 4 is 23.3 Å². The van der Waals surface area contributed by atoms with Crippen LogP contribution in [0.2, 0.25) is 0 Å². The first-order chi connectivity index (χ1) is 13.1. The summed E-state index contributed by atoms with van der Waals surface area (Å²) in [5, 5.41) is 5.90. The predicted octanol–water partition coefficient (Wildman–Crippen LogP) is 1.70. The molecule has 2 aromatic rings. The predicted molar refractivity (Wildman–Crippen MR) is 102 cm³/mol. The lowest BCUT2D eigenvalue weighted by atomic mass is 10.2. The fraction of sp³-hybridized carbons (Fsp3) is 0.368. The zero-order valence-corrected chi connectivity index (χ0v) is 15.3. The van der Waals surface area contributed by atoms with Gasteiger partial charge in [-0.15, -0.1) is 0 Å². The molecule has 142 valence electrons. The first kappa shape index (κ1) is 18.8. The van der Waals surface area contributed by atoms with Gasteiger partial charge in [0.15, 0.2) is 0 Å². The first-order valence-corrected chi connectivity index (χ1v) is 8.91. The third-order valence-corrected chi connectivity index (χ3v) is 4.11. The van der Waals surface area contributed by atoms with Gasteiger partial charge in [-0.1, -0.05) is 12.1 Å². The SMILES string of the molecule is Cc1cccc(NC(=O)CCNc2cncc(C(=O)N3CCOCC3)n2)c1. The molecule has 1 aromatic carbocycles. The number of nitrogens with zero attached hydrogens (tertiary/aromatic N) is 3. The highest BCUT2D eigenvalue weighted by Crippen LogP contribution is 2.10. The lowest BCUT2D eigenvalue weighted by Gasteiger charge is -2.26. The highest BCUT2D eigenvalue weighted by molar-refractivity contribution is 5.92. The normalized spacial score (nSPS) is 13.9. The molecule has 0 saturated carbocycles. The summed E-state index contributed by atoms with van der Waals surface area (Å²) in [6.07, 6.45) is 3.26. The Bertz CT molecular complexity index is 805. The quantitative estimate of drug-likeness (QED) is 0.804. The maximum atomic E-state index is 12.4. The Balaban J connectivity index is 1.49. The van der Waals surface area contributed by atoms with E-state index in [4.69, 9.17) is 4.74 Å². The van der Waals surface area contributed by atoms with Crippen LogP contribution >= 0.6 is 0 Å². The van der Waals surface area contributed by atoms with Crippen molar-refractivity contribution in [3.05, 3.63) is 47.9 Å². The van der Waals surface area contributed by atoms with Crippen LogP contribution in [0, 0.1) is 6.92 Å². The van der Waals surface area contributed by atoms with Gasteiger partial charge < -0.3 is 20.3 Å². The number of carbonyl (C=O) groups excluding carboxylic acids is 2. The molecule has 2 amide bonds. The van der Waals surface area contributed by atoms with E-state index >= 15 is 0 Å². The van der Waals surface area contributed by atoms with Gasteiger partial charge in [0.1, 0.15) is 11.5 Å². The number of benzene rings is 1. The second-order valence-corrected chi connectivity index (χ2v) is 6.29. The number of hydrogen-bond acceptors (Lipinski definition) is 6. The van der Waals surface area contributed by atoms with Crippen LogP contribution in [-0.4, -0.2) is 59.5 Å². The number of morpholine rings is 1. The zero-order valence-electron chi connectivity index (χ0n) is 15.3. The molecule has 1 aromatic heterocycles. The van der Waals surface area contributed by atoms with Crippen LogP contribution in [0.1, 0.15) is 22.5 Å². The number of aromatic nitrogens is 2. The lowest BCUT2D eigenvalue weighted by molar-refractivity contribution is -0.115.